The number of nitrogens with one attached hydrogen (secondary N) is 4. The number of fused-ring (bicyclic) bond motifs is 1. The number of imide groups is 1. The average molecular weight is 1420 g/mol. The number of methoxy groups -OCH3 is 2. The molecule has 6 amide bonds. The number of carbonyl (C=O) groups is 6. The van der Waals surface area contributed by atoms with E-state index in [-0.39, 0.29) is 87.5 Å². The zero-order valence-electron chi connectivity index (χ0n) is 52.3. The number of hydrogen-bond donors (Lipinski definition) is 7. The van der Waals surface area contributed by atoms with Crippen molar-refractivity contribution in [2.24, 2.45) is 5.73 Å². The number of ether oxygens (including phenoxy) is 5. The monoisotopic (exact) mass is 1420 g/mol. The summed E-state index contributed by atoms with van der Waals surface area (Å²) in [5, 5.41) is 16.2. The summed E-state index contributed by atoms with van der Waals surface area (Å²) < 4.78 is 77.9. The summed E-state index contributed by atoms with van der Waals surface area (Å²) in [5.41, 5.74) is 5.94. The Labute approximate surface area is 555 Å². The maximum absolute atomic E-state index is 14.3. The maximum Gasteiger partial charge on any atom is 0.427 e. The number of urea groups is 1. The van der Waals surface area contributed by atoms with Crippen molar-refractivity contribution < 1.29 is 79.8 Å². The van der Waals surface area contributed by atoms with Gasteiger partial charge < -0.3 is 59.9 Å². The fourth-order valence-corrected chi connectivity index (χ4v) is 10.3. The van der Waals surface area contributed by atoms with Gasteiger partial charge in [-0.05, 0) is 121 Å². The lowest BCUT2D eigenvalue weighted by atomic mass is 10.1. The molecule has 3 aliphatic rings. The highest BCUT2D eigenvalue weighted by molar-refractivity contribution is 7.90. The number of anilines is 5. The van der Waals surface area contributed by atoms with Crippen molar-refractivity contribution in [3.05, 3.63) is 93.8 Å². The van der Waals surface area contributed by atoms with E-state index in [0.29, 0.717) is 34.7 Å². The molecule has 5 heterocycles. The van der Waals surface area contributed by atoms with Gasteiger partial charge in [-0.25, -0.2) is 28.6 Å². The number of hydrogen-bond acceptors (Lipinski definition) is 23. The Balaban J connectivity index is 0.000000258. The van der Waals surface area contributed by atoms with E-state index >= 15 is 0 Å². The van der Waals surface area contributed by atoms with Crippen LogP contribution in [0.5, 0.6) is 23.3 Å². The zero-order valence-corrected chi connectivity index (χ0v) is 57.0. The molecule has 0 radical (unpaired) electrons. The Kier molecular flexibility index (Phi) is 29.9. The molecule has 2 aromatic carbocycles. The number of allylic oxidation sites excluding steroid dienone is 1. The van der Waals surface area contributed by atoms with Gasteiger partial charge >= 0.3 is 24.0 Å². The Morgan fingerprint density at radius 3 is 2.10 bits per heavy atom. The lowest BCUT2D eigenvalue weighted by Gasteiger charge is -2.35. The van der Waals surface area contributed by atoms with E-state index in [1.165, 1.54) is 70.3 Å². The summed E-state index contributed by atoms with van der Waals surface area (Å²) in [6, 6.07) is 11.7. The second-order valence-electron chi connectivity index (χ2n) is 20.7. The number of sulfonamides is 1. The van der Waals surface area contributed by atoms with Gasteiger partial charge in [0.25, 0.3) is 21.8 Å². The summed E-state index contributed by atoms with van der Waals surface area (Å²) in [6.45, 7) is 13.5. The van der Waals surface area contributed by atoms with Crippen molar-refractivity contribution in [1.29, 1.82) is 0 Å². The summed E-state index contributed by atoms with van der Waals surface area (Å²) in [7, 11) is -1.95. The first-order valence-electron chi connectivity index (χ1n) is 28.0. The number of nitrogens with two attached hydrogens (primary N) is 1. The van der Waals surface area contributed by atoms with E-state index in [0.717, 1.165) is 44.0 Å². The highest BCUT2D eigenvalue weighted by Crippen LogP contribution is 2.39. The van der Waals surface area contributed by atoms with Crippen LogP contribution in [0.15, 0.2) is 77.2 Å². The third-order valence-electron chi connectivity index (χ3n) is 12.3. The van der Waals surface area contributed by atoms with Crippen LogP contribution in [0.4, 0.5) is 43.2 Å². The van der Waals surface area contributed by atoms with Crippen molar-refractivity contribution in [3.8, 4) is 23.3 Å². The first kappa shape index (κ1) is 77.5. The van der Waals surface area contributed by atoms with Gasteiger partial charge in [-0.2, -0.15) is 33.3 Å². The molecule has 3 unspecified atom stereocenters. The van der Waals surface area contributed by atoms with Crippen LogP contribution in [0, 0.1) is 5.82 Å². The largest absolute Gasteiger partial charge is 0.489 e. The molecule has 1 saturated heterocycles. The minimum atomic E-state index is -4.46. The Bertz CT molecular complexity index is 3640. The van der Waals surface area contributed by atoms with Crippen LogP contribution in [0.3, 0.4) is 0 Å². The van der Waals surface area contributed by atoms with Crippen molar-refractivity contribution in [2.75, 3.05) is 80.0 Å². The molecule has 30 nitrogen and oxygen atoms in total. The van der Waals surface area contributed by atoms with Crippen LogP contribution in [0.1, 0.15) is 84.0 Å². The standard InChI is InChI=1S/C17H17ClFNO4.C15H18N6O6S.C11H11Cl2NO2.C8H14ClN5.C5H12NO4P/c1-9(2)15-16(21)20(17(22)24-15)13-8-14(11(18)7-12(13)19)23-10-5-3-4-6-10;1-21(2)13(22)9-6-5-7-16-12(9)28(24,25)20-15(23)19-14-17-10(26-3)8-11(18-14)27-4;1-7-6-16-9-5-3-2-4-8(9)14(7)11(15)10(12)13;1-4-10-7-12-6(9)13-8(14-7)11-5(2)3;1-11(9,10)3-2-4(6)5(7)8/h7-8,10H,3-6H2,1-2H3;5-8H,1-4H3,(H2,17,18,19,20,23);2-5,7,10H,6H2,1H3;5H,4H2,1-3H3,(H2,10,11,12,13,14);4H,2-3,6H2,1H3,(H,7,8)(H,9,10). The molecule has 5 aromatic rings. The van der Waals surface area contributed by atoms with Crippen LogP contribution in [-0.4, -0.2) is 172 Å². The van der Waals surface area contributed by atoms with E-state index in [9.17, 15) is 46.1 Å². The van der Waals surface area contributed by atoms with E-state index in [1.54, 1.807) is 23.5 Å². The van der Waals surface area contributed by atoms with Crippen LogP contribution in [0.2, 0.25) is 10.3 Å². The van der Waals surface area contributed by atoms with Crippen molar-refractivity contribution in [3.63, 3.8) is 0 Å². The highest BCUT2D eigenvalue weighted by atomic mass is 35.5. The highest BCUT2D eigenvalue weighted by Gasteiger charge is 2.41. The fraction of sp³-hybridized carbons (Fsp3) is 0.429. The predicted octanol–water partition coefficient (Wildman–Crippen LogP) is 8.75. The van der Waals surface area contributed by atoms with Gasteiger partial charge in [0.1, 0.15) is 30.0 Å². The van der Waals surface area contributed by atoms with Crippen LogP contribution >= 0.6 is 53.8 Å². The third-order valence-corrected chi connectivity index (χ3v) is 15.5. The van der Waals surface area contributed by atoms with E-state index in [4.69, 9.17) is 85.8 Å². The minimum Gasteiger partial charge on any atom is -0.489 e. The molecular weight excluding hydrogens is 1350 g/mol. The van der Waals surface area contributed by atoms with E-state index in [2.05, 4.69) is 45.9 Å². The molecule has 2 aliphatic heterocycles. The molecule has 8 N–H and O–H groups in total. The van der Waals surface area contributed by atoms with Gasteiger partial charge in [0.2, 0.25) is 34.9 Å². The normalized spacial score (nSPS) is 15.1. The molecule has 1 saturated carbocycles. The fourth-order valence-electron chi connectivity index (χ4n) is 7.98. The number of aliphatic carboxylic acids is 1. The van der Waals surface area contributed by atoms with Gasteiger partial charge in [0, 0.05) is 51.8 Å². The number of aromatic nitrogens is 6. The molecule has 1 aliphatic carbocycles. The first-order valence-corrected chi connectivity index (χ1v) is 33.4. The number of nitrogens with zero attached hydrogens (tertiary/aromatic N) is 9. The second-order valence-corrected chi connectivity index (χ2v) is 26.7. The lowest BCUT2D eigenvalue weighted by Crippen LogP contribution is -2.47. The van der Waals surface area contributed by atoms with Crippen molar-refractivity contribution in [1.82, 2.24) is 39.5 Å². The van der Waals surface area contributed by atoms with Gasteiger partial charge in [-0.1, -0.05) is 46.9 Å². The molecule has 37 heteroatoms. The number of alkyl halides is 2. The minimum absolute atomic E-state index is 0.00962. The van der Waals surface area contributed by atoms with Crippen LogP contribution in [0.25, 0.3) is 0 Å². The van der Waals surface area contributed by atoms with Crippen LogP contribution in [-0.2, 0) is 33.7 Å². The van der Waals surface area contributed by atoms with Gasteiger partial charge in [-0.15, -0.1) is 0 Å². The molecule has 3 atom stereocenters. The number of halogens is 5. The third kappa shape index (κ3) is 23.8. The number of pyridine rings is 1. The molecule has 93 heavy (non-hydrogen) atoms. The Morgan fingerprint density at radius 2 is 1.55 bits per heavy atom. The quantitative estimate of drug-likeness (QED) is 0.0245. The van der Waals surface area contributed by atoms with E-state index < -0.39 is 69.0 Å². The summed E-state index contributed by atoms with van der Waals surface area (Å²) in [4.78, 5) is 105. The van der Waals surface area contributed by atoms with Crippen molar-refractivity contribution >= 4 is 129 Å². The van der Waals surface area contributed by atoms with Crippen LogP contribution < -0.4 is 55.2 Å². The Hall–Kier alpha value is -7.97. The summed E-state index contributed by atoms with van der Waals surface area (Å²) >= 11 is 23.0. The molecular formula is C56H72Cl4FN14O16PS. The molecule has 0 bridgehead atoms. The number of amides is 6. The number of cyclic esters (lactones) is 1. The van der Waals surface area contributed by atoms with Crippen molar-refractivity contribution in [2.45, 2.75) is 108 Å². The number of para-hydroxylation sites is 2. The molecule has 3 aromatic heterocycles. The summed E-state index contributed by atoms with van der Waals surface area (Å²) in [6.07, 6.45) is 4.19. The maximum atomic E-state index is 14.3. The van der Waals surface area contributed by atoms with Gasteiger partial charge in [-0.3, -0.25) is 29.1 Å². The molecule has 508 valence electrons. The number of carbonyl (C=O) groups excluding carboxylic acids is 5. The second kappa shape index (κ2) is 35.9. The zero-order chi connectivity index (χ0) is 69.7. The smallest absolute Gasteiger partial charge is 0.427 e. The molecule has 0 spiro atoms. The summed E-state index contributed by atoms with van der Waals surface area (Å²) in [5.74, 6) is -1.77. The first-order chi connectivity index (χ1) is 43.6. The number of benzene rings is 2. The lowest BCUT2D eigenvalue weighted by molar-refractivity contribution is -0.138. The van der Waals surface area contributed by atoms with E-state index in [1.807, 2.05) is 52.0 Å². The number of carboxylic acid groups (broad SMARTS) is 1. The Morgan fingerprint density at radius 1 is 0.925 bits per heavy atom. The number of carboxylic acids is 1. The molecule has 2 fully saturated rings. The van der Waals surface area contributed by atoms with Gasteiger partial charge in [0.15, 0.2) is 23.0 Å². The average Bonchev–Trinajstić information content (AvgIpc) is 1.76. The SMILES string of the molecule is CC(C)=C1OC(=O)N(c2cc(OC3CCCC3)c(Cl)cc2F)C1=O.CC1COc2ccccc2N1C(=O)C(Cl)Cl.CCNc1nc(Cl)nc(NC(C)C)n1.COc1cc(OC)nc(NC(=O)NS(=O)(=O)c2ncccc2C(=O)N(C)C)n1.CP(=O)(O)CCC(N)C(=O)O. The molecule has 8 rings (SSSR count). The number of rotatable bonds is 18. The topological polar surface area (TPSA) is 401 Å². The van der Waals surface area contributed by atoms with Gasteiger partial charge in [0.05, 0.1) is 54.4 Å². The predicted molar refractivity (Wildman–Crippen MR) is 346 cm³/mol.